The Morgan fingerprint density at radius 2 is 1.81 bits per heavy atom. The molecule has 0 bridgehead atoms. The second-order valence-electron chi connectivity index (χ2n) is 5.70. The molecule has 1 aromatic heterocycles. The molecule has 0 radical (unpaired) electrons. The Hall–Kier alpha value is -3.19. The van der Waals surface area contributed by atoms with Gasteiger partial charge in [-0.25, -0.2) is 4.98 Å². The highest BCUT2D eigenvalue weighted by Crippen LogP contribution is 2.17. The summed E-state index contributed by atoms with van der Waals surface area (Å²) in [6, 6.07) is 13.7. The summed E-state index contributed by atoms with van der Waals surface area (Å²) in [7, 11) is 0. The van der Waals surface area contributed by atoms with Crippen LogP contribution in [0.3, 0.4) is 0 Å². The van der Waals surface area contributed by atoms with Crippen LogP contribution in [0.25, 0.3) is 0 Å². The Morgan fingerprint density at radius 1 is 1.04 bits per heavy atom. The smallest absolute Gasteiger partial charge is 0.257 e. The molecule has 1 heterocycles. The van der Waals surface area contributed by atoms with Gasteiger partial charge in [-0.15, -0.1) is 11.3 Å². The predicted molar refractivity (Wildman–Crippen MR) is 107 cm³/mol. The van der Waals surface area contributed by atoms with Crippen molar-refractivity contribution in [2.75, 3.05) is 17.2 Å². The highest BCUT2D eigenvalue weighted by molar-refractivity contribution is 7.13. The van der Waals surface area contributed by atoms with E-state index in [0.717, 1.165) is 6.42 Å². The molecule has 0 fully saturated rings. The van der Waals surface area contributed by atoms with Gasteiger partial charge in [-0.3, -0.25) is 14.9 Å². The van der Waals surface area contributed by atoms with Crippen molar-refractivity contribution in [3.8, 4) is 5.75 Å². The van der Waals surface area contributed by atoms with Gasteiger partial charge in [-0.1, -0.05) is 13.0 Å². The maximum Gasteiger partial charge on any atom is 0.257 e. The largest absolute Gasteiger partial charge is 0.494 e. The number of carbonyl (C=O) groups excluding carboxylic acids is 2. The van der Waals surface area contributed by atoms with Crippen LogP contribution < -0.4 is 15.4 Å². The zero-order valence-corrected chi connectivity index (χ0v) is 15.6. The molecule has 0 unspecified atom stereocenters. The molecule has 6 nitrogen and oxygen atoms in total. The van der Waals surface area contributed by atoms with Crippen molar-refractivity contribution < 1.29 is 14.3 Å². The Balaban J connectivity index is 1.62. The van der Waals surface area contributed by atoms with Gasteiger partial charge >= 0.3 is 0 Å². The summed E-state index contributed by atoms with van der Waals surface area (Å²) in [5.74, 6) is 0.180. The fourth-order valence-electron chi connectivity index (χ4n) is 2.31. The molecule has 0 atom stereocenters. The molecule has 27 heavy (non-hydrogen) atoms. The van der Waals surface area contributed by atoms with Crippen LogP contribution in [0.4, 0.5) is 10.8 Å². The maximum absolute atomic E-state index is 12.4. The third-order valence-corrected chi connectivity index (χ3v) is 4.32. The predicted octanol–water partition coefficient (Wildman–Crippen LogP) is 4.44. The molecule has 0 aliphatic rings. The third kappa shape index (κ3) is 5.15. The number of hydrogen-bond acceptors (Lipinski definition) is 5. The number of amides is 2. The van der Waals surface area contributed by atoms with E-state index in [1.807, 2.05) is 13.0 Å². The number of aromatic nitrogens is 1. The van der Waals surface area contributed by atoms with E-state index in [1.54, 1.807) is 54.0 Å². The zero-order chi connectivity index (χ0) is 19.1. The Labute approximate surface area is 161 Å². The Kier molecular flexibility index (Phi) is 6.17. The van der Waals surface area contributed by atoms with E-state index in [0.29, 0.717) is 34.3 Å². The van der Waals surface area contributed by atoms with E-state index in [4.69, 9.17) is 4.74 Å². The normalized spacial score (nSPS) is 10.3. The number of carbonyl (C=O) groups is 2. The molecule has 3 aromatic rings. The van der Waals surface area contributed by atoms with Crippen molar-refractivity contribution in [3.05, 3.63) is 71.2 Å². The zero-order valence-electron chi connectivity index (χ0n) is 14.8. The first-order valence-electron chi connectivity index (χ1n) is 8.51. The summed E-state index contributed by atoms with van der Waals surface area (Å²) in [6.45, 7) is 2.63. The molecule has 2 N–H and O–H groups in total. The van der Waals surface area contributed by atoms with E-state index in [-0.39, 0.29) is 11.8 Å². The van der Waals surface area contributed by atoms with Gasteiger partial charge in [-0.05, 0) is 48.9 Å². The molecule has 2 aromatic carbocycles. The summed E-state index contributed by atoms with van der Waals surface area (Å²) >= 11 is 1.35. The number of ether oxygens (including phenoxy) is 1. The van der Waals surface area contributed by atoms with Gasteiger partial charge < -0.3 is 10.1 Å². The lowest BCUT2D eigenvalue weighted by Gasteiger charge is -2.09. The monoisotopic (exact) mass is 381 g/mol. The summed E-state index contributed by atoms with van der Waals surface area (Å²) in [5, 5.41) is 7.86. The van der Waals surface area contributed by atoms with Crippen molar-refractivity contribution in [2.24, 2.45) is 0 Å². The van der Waals surface area contributed by atoms with Gasteiger partial charge in [0.2, 0.25) is 0 Å². The summed E-state index contributed by atoms with van der Waals surface area (Å²) in [6.07, 6.45) is 2.53. The number of nitrogens with zero attached hydrogens (tertiary/aromatic N) is 1. The van der Waals surface area contributed by atoms with Crippen LogP contribution in [0.1, 0.15) is 34.1 Å². The molecule has 7 heteroatoms. The summed E-state index contributed by atoms with van der Waals surface area (Å²) < 4.78 is 5.55. The van der Waals surface area contributed by atoms with Crippen molar-refractivity contribution in [3.63, 3.8) is 0 Å². The molecule has 138 valence electrons. The van der Waals surface area contributed by atoms with Crippen molar-refractivity contribution in [1.29, 1.82) is 0 Å². The molecular weight excluding hydrogens is 362 g/mol. The first-order chi connectivity index (χ1) is 13.2. The molecule has 0 aliphatic carbocycles. The molecular formula is C20H19N3O3S. The summed E-state index contributed by atoms with van der Waals surface area (Å²) in [4.78, 5) is 28.6. The fourth-order valence-corrected chi connectivity index (χ4v) is 2.83. The SMILES string of the molecule is CCCOc1cccc(C(=O)Nc2ccc(C(=O)Nc3nccs3)cc2)c1. The van der Waals surface area contributed by atoms with Gasteiger partial charge in [0, 0.05) is 28.4 Å². The minimum Gasteiger partial charge on any atom is -0.494 e. The highest BCUT2D eigenvalue weighted by Gasteiger charge is 2.10. The standard InChI is InChI=1S/C20H19N3O3S/c1-2-11-26-17-5-3-4-15(13-17)19(25)22-16-8-6-14(7-9-16)18(24)23-20-21-10-12-27-20/h3-10,12-13H,2,11H2,1H3,(H,22,25)(H,21,23,24). The molecule has 3 rings (SSSR count). The van der Waals surface area contributed by atoms with E-state index in [1.165, 1.54) is 11.3 Å². The lowest BCUT2D eigenvalue weighted by Crippen LogP contribution is -2.13. The first-order valence-corrected chi connectivity index (χ1v) is 9.39. The number of nitrogens with one attached hydrogen (secondary N) is 2. The van der Waals surface area contributed by atoms with Crippen molar-refractivity contribution in [1.82, 2.24) is 4.98 Å². The molecule has 2 amide bonds. The quantitative estimate of drug-likeness (QED) is 0.634. The lowest BCUT2D eigenvalue weighted by molar-refractivity contribution is 0.101. The topological polar surface area (TPSA) is 80.3 Å². The molecule has 0 aliphatic heterocycles. The summed E-state index contributed by atoms with van der Waals surface area (Å²) in [5.41, 5.74) is 1.60. The van der Waals surface area contributed by atoms with Gasteiger partial charge in [0.25, 0.3) is 11.8 Å². The fraction of sp³-hybridized carbons (Fsp3) is 0.150. The Morgan fingerprint density at radius 3 is 2.52 bits per heavy atom. The van der Waals surface area contributed by atoms with Gasteiger partial charge in [-0.2, -0.15) is 0 Å². The Bertz CT molecular complexity index is 908. The molecule has 0 saturated heterocycles. The number of hydrogen-bond donors (Lipinski definition) is 2. The van der Waals surface area contributed by atoms with Gasteiger partial charge in [0.15, 0.2) is 5.13 Å². The van der Waals surface area contributed by atoms with Crippen LogP contribution in [0, 0.1) is 0 Å². The number of anilines is 2. The van der Waals surface area contributed by atoms with Crippen LogP contribution >= 0.6 is 11.3 Å². The molecule has 0 spiro atoms. The average molecular weight is 381 g/mol. The highest BCUT2D eigenvalue weighted by atomic mass is 32.1. The number of benzene rings is 2. The van der Waals surface area contributed by atoms with Gasteiger partial charge in [0.05, 0.1) is 6.61 Å². The van der Waals surface area contributed by atoms with Crippen LogP contribution in [0.2, 0.25) is 0 Å². The van der Waals surface area contributed by atoms with E-state index in [2.05, 4.69) is 15.6 Å². The second-order valence-corrected chi connectivity index (χ2v) is 6.59. The minimum absolute atomic E-state index is 0.239. The van der Waals surface area contributed by atoms with Crippen LogP contribution in [0.5, 0.6) is 5.75 Å². The maximum atomic E-state index is 12.4. The van der Waals surface area contributed by atoms with E-state index >= 15 is 0 Å². The third-order valence-electron chi connectivity index (χ3n) is 3.63. The minimum atomic E-state index is -0.247. The average Bonchev–Trinajstić information content (AvgIpc) is 3.20. The van der Waals surface area contributed by atoms with Crippen LogP contribution in [0.15, 0.2) is 60.1 Å². The lowest BCUT2D eigenvalue weighted by atomic mass is 10.1. The second kappa shape index (κ2) is 8.95. The van der Waals surface area contributed by atoms with Crippen molar-refractivity contribution >= 4 is 34.0 Å². The van der Waals surface area contributed by atoms with Gasteiger partial charge in [0.1, 0.15) is 5.75 Å². The van der Waals surface area contributed by atoms with Crippen molar-refractivity contribution in [2.45, 2.75) is 13.3 Å². The van der Waals surface area contributed by atoms with E-state index in [9.17, 15) is 9.59 Å². The van der Waals surface area contributed by atoms with E-state index < -0.39 is 0 Å². The first kappa shape index (κ1) is 18.6. The number of rotatable bonds is 7. The molecule has 0 saturated carbocycles. The van der Waals surface area contributed by atoms with Crippen LogP contribution in [-0.2, 0) is 0 Å². The van der Waals surface area contributed by atoms with Crippen LogP contribution in [-0.4, -0.2) is 23.4 Å². The number of thiazole rings is 1.